The van der Waals surface area contributed by atoms with Gasteiger partial charge in [-0.1, -0.05) is 31.2 Å². The number of benzene rings is 2. The number of Topliss-reactive ketones (excluding diaryl/α,β-unsaturated/α-hetero) is 1. The van der Waals surface area contributed by atoms with Gasteiger partial charge in [-0.25, -0.2) is 4.39 Å². The Bertz CT molecular complexity index is 563. The quantitative estimate of drug-likeness (QED) is 0.580. The van der Waals surface area contributed by atoms with Crippen LogP contribution in [0.2, 0.25) is 0 Å². The minimum Gasteiger partial charge on any atom is -0.294 e. The first-order valence-electron chi connectivity index (χ1n) is 6.19. The fourth-order valence-electron chi connectivity index (χ4n) is 1.73. The molecule has 0 aliphatic rings. The highest BCUT2D eigenvalue weighted by molar-refractivity contribution is 7.98. The van der Waals surface area contributed by atoms with Crippen molar-refractivity contribution in [2.45, 2.75) is 24.0 Å². The van der Waals surface area contributed by atoms with E-state index in [1.54, 1.807) is 23.9 Å². The molecule has 2 rings (SSSR count). The zero-order valence-corrected chi connectivity index (χ0v) is 11.5. The summed E-state index contributed by atoms with van der Waals surface area (Å²) in [5.74, 6) is 0.669. The molecule has 0 spiro atoms. The Morgan fingerprint density at radius 1 is 1.16 bits per heavy atom. The van der Waals surface area contributed by atoms with Crippen LogP contribution in [0, 0.1) is 5.82 Å². The highest BCUT2D eigenvalue weighted by Gasteiger charge is 2.03. The number of halogens is 1. The molecule has 98 valence electrons. The van der Waals surface area contributed by atoms with Gasteiger partial charge < -0.3 is 0 Å². The molecule has 0 radical (unpaired) electrons. The predicted octanol–water partition coefficient (Wildman–Crippen LogP) is 4.71. The molecule has 0 aliphatic heterocycles. The van der Waals surface area contributed by atoms with Crippen molar-refractivity contribution in [2.24, 2.45) is 0 Å². The van der Waals surface area contributed by atoms with Crippen molar-refractivity contribution in [2.75, 3.05) is 0 Å². The molecule has 0 saturated heterocycles. The number of hydrogen-bond donors (Lipinski definition) is 0. The lowest BCUT2D eigenvalue weighted by molar-refractivity contribution is 0.0988. The lowest BCUT2D eigenvalue weighted by atomic mass is 10.1. The molecule has 1 nitrogen and oxygen atoms in total. The van der Waals surface area contributed by atoms with E-state index in [4.69, 9.17) is 0 Å². The molecule has 0 unspecified atom stereocenters. The van der Waals surface area contributed by atoms with Gasteiger partial charge in [-0.3, -0.25) is 4.79 Å². The molecule has 0 heterocycles. The van der Waals surface area contributed by atoms with Gasteiger partial charge in [0.25, 0.3) is 0 Å². The van der Waals surface area contributed by atoms with E-state index in [-0.39, 0.29) is 11.6 Å². The van der Waals surface area contributed by atoms with Gasteiger partial charge in [0.2, 0.25) is 0 Å². The number of thioether (sulfide) groups is 1. The molecule has 3 heteroatoms. The van der Waals surface area contributed by atoms with Gasteiger partial charge in [-0.15, -0.1) is 11.8 Å². The van der Waals surface area contributed by atoms with Gasteiger partial charge in [-0.05, 0) is 29.8 Å². The number of carbonyl (C=O) groups excluding carboxylic acids is 1. The zero-order chi connectivity index (χ0) is 13.7. The second-order valence-corrected chi connectivity index (χ2v) is 5.27. The molecule has 19 heavy (non-hydrogen) atoms. The average Bonchev–Trinajstić information content (AvgIpc) is 2.45. The molecule has 0 atom stereocenters. The normalized spacial score (nSPS) is 10.4. The van der Waals surface area contributed by atoms with Gasteiger partial charge in [0.05, 0.1) is 0 Å². The highest BCUT2D eigenvalue weighted by atomic mass is 32.2. The van der Waals surface area contributed by atoms with Crippen molar-refractivity contribution in [1.82, 2.24) is 0 Å². The van der Waals surface area contributed by atoms with E-state index in [0.29, 0.717) is 6.42 Å². The van der Waals surface area contributed by atoms with Crippen molar-refractivity contribution >= 4 is 17.5 Å². The Labute approximate surface area is 116 Å². The van der Waals surface area contributed by atoms with E-state index in [2.05, 4.69) is 0 Å². The summed E-state index contributed by atoms with van der Waals surface area (Å²) in [6, 6.07) is 14.2. The first kappa shape index (κ1) is 13.8. The SMILES string of the molecule is CCC(=O)c1ccc(SCc2cccc(F)c2)cc1. The molecular formula is C16H15FOS. The summed E-state index contributed by atoms with van der Waals surface area (Å²) in [7, 11) is 0. The third-order valence-electron chi connectivity index (χ3n) is 2.79. The summed E-state index contributed by atoms with van der Waals surface area (Å²) in [5, 5.41) is 0. The summed E-state index contributed by atoms with van der Waals surface area (Å²) >= 11 is 1.63. The van der Waals surface area contributed by atoms with Crippen LogP contribution in [0.15, 0.2) is 53.4 Å². The minimum atomic E-state index is -0.206. The molecule has 0 bridgehead atoms. The smallest absolute Gasteiger partial charge is 0.162 e. The fraction of sp³-hybridized carbons (Fsp3) is 0.188. The number of rotatable bonds is 5. The van der Waals surface area contributed by atoms with Crippen LogP contribution in [0.4, 0.5) is 4.39 Å². The average molecular weight is 274 g/mol. The first-order chi connectivity index (χ1) is 9.19. The summed E-state index contributed by atoms with van der Waals surface area (Å²) < 4.78 is 13.0. The topological polar surface area (TPSA) is 17.1 Å². The van der Waals surface area contributed by atoms with Gasteiger partial charge in [0.15, 0.2) is 5.78 Å². The summed E-state index contributed by atoms with van der Waals surface area (Å²) in [6.07, 6.45) is 0.524. The first-order valence-corrected chi connectivity index (χ1v) is 7.18. The standard InChI is InChI=1S/C16H15FOS/c1-2-16(18)13-6-8-15(9-7-13)19-11-12-4-3-5-14(17)10-12/h3-10H,2,11H2,1H3. The van der Waals surface area contributed by atoms with Crippen molar-refractivity contribution < 1.29 is 9.18 Å². The van der Waals surface area contributed by atoms with Crippen LogP contribution in [-0.4, -0.2) is 5.78 Å². The molecule has 0 aliphatic carbocycles. The fourth-order valence-corrected chi connectivity index (χ4v) is 2.58. The molecule has 2 aromatic rings. The molecular weight excluding hydrogens is 259 g/mol. The second-order valence-electron chi connectivity index (χ2n) is 4.22. The van der Waals surface area contributed by atoms with E-state index in [1.165, 1.54) is 6.07 Å². The number of ketones is 1. The maximum atomic E-state index is 13.0. The minimum absolute atomic E-state index is 0.154. The van der Waals surface area contributed by atoms with Gasteiger partial charge in [0, 0.05) is 22.6 Å². The van der Waals surface area contributed by atoms with E-state index < -0.39 is 0 Å². The van der Waals surface area contributed by atoms with Crippen LogP contribution in [-0.2, 0) is 5.75 Å². The second kappa shape index (κ2) is 6.53. The summed E-state index contributed by atoms with van der Waals surface area (Å²) in [6.45, 7) is 1.86. The Kier molecular flexibility index (Phi) is 4.74. The number of hydrogen-bond acceptors (Lipinski definition) is 2. The largest absolute Gasteiger partial charge is 0.294 e. The van der Waals surface area contributed by atoms with Crippen LogP contribution in [0.5, 0.6) is 0 Å². The Balaban J connectivity index is 1.98. The van der Waals surface area contributed by atoms with E-state index >= 15 is 0 Å². The van der Waals surface area contributed by atoms with Gasteiger partial charge in [0.1, 0.15) is 5.82 Å². The van der Waals surface area contributed by atoms with Crippen molar-refractivity contribution in [1.29, 1.82) is 0 Å². The summed E-state index contributed by atoms with van der Waals surface area (Å²) in [4.78, 5) is 12.6. The maximum Gasteiger partial charge on any atom is 0.162 e. The van der Waals surface area contributed by atoms with Crippen molar-refractivity contribution in [3.8, 4) is 0 Å². The maximum absolute atomic E-state index is 13.0. The highest BCUT2D eigenvalue weighted by Crippen LogP contribution is 2.23. The molecule has 0 N–H and O–H groups in total. The lowest BCUT2D eigenvalue weighted by Crippen LogP contribution is -1.95. The van der Waals surface area contributed by atoms with E-state index in [1.807, 2.05) is 37.3 Å². The van der Waals surface area contributed by atoms with Crippen molar-refractivity contribution in [3.05, 3.63) is 65.5 Å². The van der Waals surface area contributed by atoms with Gasteiger partial charge in [-0.2, -0.15) is 0 Å². The molecule has 0 saturated carbocycles. The van der Waals surface area contributed by atoms with E-state index in [0.717, 1.165) is 21.8 Å². The molecule has 2 aromatic carbocycles. The monoisotopic (exact) mass is 274 g/mol. The van der Waals surface area contributed by atoms with Crippen LogP contribution in [0.25, 0.3) is 0 Å². The van der Waals surface area contributed by atoms with Crippen molar-refractivity contribution in [3.63, 3.8) is 0 Å². The zero-order valence-electron chi connectivity index (χ0n) is 10.7. The Morgan fingerprint density at radius 3 is 2.53 bits per heavy atom. The predicted molar refractivity (Wildman–Crippen MR) is 77.0 cm³/mol. The summed E-state index contributed by atoms with van der Waals surface area (Å²) in [5.41, 5.74) is 1.70. The van der Waals surface area contributed by atoms with Crippen LogP contribution >= 0.6 is 11.8 Å². The van der Waals surface area contributed by atoms with Gasteiger partial charge >= 0.3 is 0 Å². The third kappa shape index (κ3) is 3.93. The number of carbonyl (C=O) groups is 1. The molecule has 0 fully saturated rings. The molecule has 0 amide bonds. The van der Waals surface area contributed by atoms with E-state index in [9.17, 15) is 9.18 Å². The molecule has 0 aromatic heterocycles. The van der Waals surface area contributed by atoms with Crippen LogP contribution < -0.4 is 0 Å². The third-order valence-corrected chi connectivity index (χ3v) is 3.88. The Hall–Kier alpha value is -1.61. The Morgan fingerprint density at radius 2 is 1.89 bits per heavy atom. The van der Waals surface area contributed by atoms with Crippen LogP contribution in [0.1, 0.15) is 29.3 Å². The lowest BCUT2D eigenvalue weighted by Gasteiger charge is -2.03. The van der Waals surface area contributed by atoms with Crippen LogP contribution in [0.3, 0.4) is 0 Å².